The summed E-state index contributed by atoms with van der Waals surface area (Å²) in [6, 6.07) is 11.1. The first-order valence-corrected chi connectivity index (χ1v) is 9.15. The lowest BCUT2D eigenvalue weighted by Gasteiger charge is -2.10. The van der Waals surface area contributed by atoms with E-state index in [1.165, 1.54) is 12.1 Å². The van der Waals surface area contributed by atoms with Crippen LogP contribution < -0.4 is 15.4 Å². The Balaban J connectivity index is 1.65. The maximum atomic E-state index is 13.3. The molecule has 2 aromatic carbocycles. The summed E-state index contributed by atoms with van der Waals surface area (Å²) in [5.74, 6) is -1.13. The molecule has 0 aromatic heterocycles. The summed E-state index contributed by atoms with van der Waals surface area (Å²) in [6.45, 7) is 3.99. The molecular formula is C20H19Cl2FN2O3. The zero-order chi connectivity index (χ0) is 20.5. The number of ether oxygens (including phenoxy) is 1. The number of carbonyl (C=O) groups excluding carboxylic acids is 2. The SMILES string of the molecule is C=C(CCNC(=O)COc1ccc(Cl)c(F)c1)C(=O)NCc1cccc(Cl)c1. The van der Waals surface area contributed by atoms with E-state index in [1.807, 2.05) is 6.07 Å². The van der Waals surface area contributed by atoms with Crippen molar-refractivity contribution in [2.75, 3.05) is 13.2 Å². The van der Waals surface area contributed by atoms with E-state index in [0.717, 1.165) is 11.6 Å². The van der Waals surface area contributed by atoms with Crippen LogP contribution in [0.15, 0.2) is 54.6 Å². The van der Waals surface area contributed by atoms with Gasteiger partial charge in [0, 0.05) is 29.8 Å². The quantitative estimate of drug-likeness (QED) is 0.600. The lowest BCUT2D eigenvalue weighted by atomic mass is 10.2. The van der Waals surface area contributed by atoms with Crippen molar-refractivity contribution in [3.8, 4) is 5.75 Å². The van der Waals surface area contributed by atoms with Crippen LogP contribution in [0.1, 0.15) is 12.0 Å². The molecule has 2 N–H and O–H groups in total. The van der Waals surface area contributed by atoms with Crippen molar-refractivity contribution in [3.05, 3.63) is 76.0 Å². The first-order chi connectivity index (χ1) is 13.3. The maximum absolute atomic E-state index is 13.3. The van der Waals surface area contributed by atoms with E-state index in [9.17, 15) is 14.0 Å². The van der Waals surface area contributed by atoms with Crippen molar-refractivity contribution in [1.29, 1.82) is 0 Å². The molecule has 28 heavy (non-hydrogen) atoms. The monoisotopic (exact) mass is 424 g/mol. The van der Waals surface area contributed by atoms with Gasteiger partial charge < -0.3 is 15.4 Å². The van der Waals surface area contributed by atoms with Crippen LogP contribution in [0.5, 0.6) is 5.75 Å². The van der Waals surface area contributed by atoms with Crippen LogP contribution >= 0.6 is 23.2 Å². The van der Waals surface area contributed by atoms with Crippen LogP contribution in [0.3, 0.4) is 0 Å². The molecular weight excluding hydrogens is 406 g/mol. The molecule has 2 aromatic rings. The van der Waals surface area contributed by atoms with Crippen molar-refractivity contribution in [2.45, 2.75) is 13.0 Å². The zero-order valence-electron chi connectivity index (χ0n) is 14.9. The van der Waals surface area contributed by atoms with Gasteiger partial charge in [0.05, 0.1) is 5.02 Å². The summed E-state index contributed by atoms with van der Waals surface area (Å²) in [6.07, 6.45) is 0.280. The molecule has 8 heteroatoms. The van der Waals surface area contributed by atoms with Crippen LogP contribution in [-0.4, -0.2) is 25.0 Å². The van der Waals surface area contributed by atoms with Gasteiger partial charge in [-0.25, -0.2) is 4.39 Å². The Kier molecular flexibility index (Phi) is 8.29. The normalized spacial score (nSPS) is 10.2. The van der Waals surface area contributed by atoms with Gasteiger partial charge in [-0.1, -0.05) is 41.9 Å². The Morgan fingerprint density at radius 1 is 1.11 bits per heavy atom. The topological polar surface area (TPSA) is 67.4 Å². The molecule has 0 saturated heterocycles. The van der Waals surface area contributed by atoms with Crippen molar-refractivity contribution < 1.29 is 18.7 Å². The van der Waals surface area contributed by atoms with E-state index in [1.54, 1.807) is 18.2 Å². The summed E-state index contributed by atoms with van der Waals surface area (Å²) >= 11 is 11.5. The second-order valence-electron chi connectivity index (χ2n) is 5.88. The van der Waals surface area contributed by atoms with E-state index >= 15 is 0 Å². The molecule has 5 nitrogen and oxygen atoms in total. The second kappa shape index (κ2) is 10.7. The van der Waals surface area contributed by atoms with E-state index in [2.05, 4.69) is 17.2 Å². The van der Waals surface area contributed by atoms with Gasteiger partial charge >= 0.3 is 0 Å². The molecule has 2 rings (SSSR count). The average molecular weight is 425 g/mol. The summed E-state index contributed by atoms with van der Waals surface area (Å²) in [5, 5.41) is 5.91. The molecule has 0 spiro atoms. The zero-order valence-corrected chi connectivity index (χ0v) is 16.4. The average Bonchev–Trinajstić information content (AvgIpc) is 2.67. The highest BCUT2D eigenvalue weighted by atomic mass is 35.5. The lowest BCUT2D eigenvalue weighted by Crippen LogP contribution is -2.31. The largest absolute Gasteiger partial charge is 0.484 e. The lowest BCUT2D eigenvalue weighted by molar-refractivity contribution is -0.123. The molecule has 0 heterocycles. The number of carbonyl (C=O) groups is 2. The maximum Gasteiger partial charge on any atom is 0.257 e. The molecule has 148 valence electrons. The van der Waals surface area contributed by atoms with E-state index < -0.39 is 11.7 Å². The predicted molar refractivity (Wildman–Crippen MR) is 107 cm³/mol. The number of benzene rings is 2. The summed E-state index contributed by atoms with van der Waals surface area (Å²) in [5.41, 5.74) is 1.21. The minimum atomic E-state index is -0.625. The molecule has 0 aliphatic heterocycles. The smallest absolute Gasteiger partial charge is 0.257 e. The molecule has 0 atom stereocenters. The van der Waals surface area contributed by atoms with Crippen molar-refractivity contribution in [3.63, 3.8) is 0 Å². The van der Waals surface area contributed by atoms with Crippen LogP contribution in [-0.2, 0) is 16.1 Å². The molecule has 0 unspecified atom stereocenters. The Morgan fingerprint density at radius 2 is 1.89 bits per heavy atom. The van der Waals surface area contributed by atoms with Gasteiger partial charge in [-0.3, -0.25) is 9.59 Å². The van der Waals surface area contributed by atoms with Crippen LogP contribution in [0.2, 0.25) is 10.0 Å². The van der Waals surface area contributed by atoms with Crippen molar-refractivity contribution in [2.24, 2.45) is 0 Å². The highest BCUT2D eigenvalue weighted by Crippen LogP contribution is 2.20. The molecule has 0 bridgehead atoms. The first kappa shape index (κ1) is 21.7. The number of nitrogens with one attached hydrogen (secondary N) is 2. The molecule has 0 aliphatic rings. The first-order valence-electron chi connectivity index (χ1n) is 8.40. The summed E-state index contributed by atoms with van der Waals surface area (Å²) < 4.78 is 18.5. The van der Waals surface area contributed by atoms with E-state index in [0.29, 0.717) is 17.1 Å². The van der Waals surface area contributed by atoms with Gasteiger partial charge in [0.15, 0.2) is 6.61 Å². The van der Waals surface area contributed by atoms with Crippen LogP contribution in [0.25, 0.3) is 0 Å². The van der Waals surface area contributed by atoms with Gasteiger partial charge in [-0.2, -0.15) is 0 Å². The highest BCUT2D eigenvalue weighted by Gasteiger charge is 2.09. The fourth-order valence-electron chi connectivity index (χ4n) is 2.19. The third-order valence-electron chi connectivity index (χ3n) is 3.67. The van der Waals surface area contributed by atoms with Gasteiger partial charge in [0.25, 0.3) is 5.91 Å². The van der Waals surface area contributed by atoms with E-state index in [-0.39, 0.29) is 36.3 Å². The third-order valence-corrected chi connectivity index (χ3v) is 4.21. The molecule has 0 radical (unpaired) electrons. The Hall–Kier alpha value is -2.57. The van der Waals surface area contributed by atoms with Crippen molar-refractivity contribution >= 4 is 35.0 Å². The van der Waals surface area contributed by atoms with E-state index in [4.69, 9.17) is 27.9 Å². The van der Waals surface area contributed by atoms with Crippen LogP contribution in [0, 0.1) is 5.82 Å². The Morgan fingerprint density at radius 3 is 2.61 bits per heavy atom. The molecule has 0 saturated carbocycles. The van der Waals surface area contributed by atoms with Crippen LogP contribution in [0.4, 0.5) is 4.39 Å². The second-order valence-corrected chi connectivity index (χ2v) is 6.72. The number of halogens is 3. The summed E-state index contributed by atoms with van der Waals surface area (Å²) in [4.78, 5) is 23.8. The number of hydrogen-bond donors (Lipinski definition) is 2. The third kappa shape index (κ3) is 7.21. The molecule has 0 fully saturated rings. The summed E-state index contributed by atoms with van der Waals surface area (Å²) in [7, 11) is 0. The number of rotatable bonds is 9. The van der Waals surface area contributed by atoms with Gasteiger partial charge in [0.2, 0.25) is 5.91 Å². The minimum Gasteiger partial charge on any atom is -0.484 e. The standard InChI is InChI=1S/C20H19Cl2FN2O3/c1-13(20(27)25-11-14-3-2-4-15(21)9-14)7-8-24-19(26)12-28-16-5-6-17(22)18(23)10-16/h2-6,9-10H,1,7-8,11-12H2,(H,24,26)(H,25,27). The minimum absolute atomic E-state index is 0.0241. The van der Waals surface area contributed by atoms with Gasteiger partial charge in [-0.15, -0.1) is 0 Å². The van der Waals surface area contributed by atoms with Crippen molar-refractivity contribution in [1.82, 2.24) is 10.6 Å². The number of amides is 2. The Bertz CT molecular complexity index is 874. The molecule has 0 aliphatic carbocycles. The fraction of sp³-hybridized carbons (Fsp3) is 0.200. The van der Waals surface area contributed by atoms with Gasteiger partial charge in [0.1, 0.15) is 11.6 Å². The van der Waals surface area contributed by atoms with Gasteiger partial charge in [-0.05, 0) is 36.2 Å². The predicted octanol–water partition coefficient (Wildman–Crippen LogP) is 3.89. The fourth-order valence-corrected chi connectivity index (χ4v) is 2.52. The highest BCUT2D eigenvalue weighted by molar-refractivity contribution is 6.31. The molecule has 2 amide bonds. The number of hydrogen-bond acceptors (Lipinski definition) is 3. The Labute approximate surface area is 172 Å².